The van der Waals surface area contributed by atoms with E-state index in [2.05, 4.69) is 6.92 Å². The van der Waals surface area contributed by atoms with Crippen molar-refractivity contribution in [2.75, 3.05) is 14.1 Å². The average molecular weight is 464 g/mol. The Bertz CT molecular complexity index is 618. The summed E-state index contributed by atoms with van der Waals surface area (Å²) in [7, 11) is -0.286. The molecule has 0 saturated heterocycles. The van der Waals surface area contributed by atoms with Crippen molar-refractivity contribution in [1.82, 2.24) is 8.28 Å². The fourth-order valence-corrected chi connectivity index (χ4v) is 4.50. The lowest BCUT2D eigenvalue weighted by Gasteiger charge is -2.05. The van der Waals surface area contributed by atoms with E-state index in [0.717, 1.165) is 13.0 Å². The minimum atomic E-state index is -3.39. The minimum Gasteiger partial charge on any atom is -1.00 e. The van der Waals surface area contributed by atoms with E-state index in [0.29, 0.717) is 0 Å². The Hall–Kier alpha value is -0.590. The number of hydrogen-bond acceptors (Lipinski definition) is 2. The van der Waals surface area contributed by atoms with Crippen molar-refractivity contribution in [2.45, 2.75) is 116 Å². The number of halogens is 1. The van der Waals surface area contributed by atoms with Gasteiger partial charge in [0.2, 0.25) is 0 Å². The van der Waals surface area contributed by atoms with Crippen molar-refractivity contribution in [3.05, 3.63) is 18.7 Å². The summed E-state index contributed by atoms with van der Waals surface area (Å²) in [5.41, 5.74) is 0. The molecule has 30 heavy (non-hydrogen) atoms. The van der Waals surface area contributed by atoms with Gasteiger partial charge >= 0.3 is 10.2 Å². The molecule has 1 aromatic rings. The van der Waals surface area contributed by atoms with E-state index in [1.54, 1.807) is 26.6 Å². The van der Waals surface area contributed by atoms with Crippen molar-refractivity contribution in [2.24, 2.45) is 0 Å². The molecule has 0 N–H and O–H groups in total. The van der Waals surface area contributed by atoms with Crippen LogP contribution >= 0.6 is 0 Å². The molecule has 0 fully saturated rings. The second-order valence-electron chi connectivity index (χ2n) is 8.57. The monoisotopic (exact) mass is 463 g/mol. The lowest BCUT2D eigenvalue weighted by Crippen LogP contribution is -3.00. The second kappa shape index (κ2) is 18.0. The van der Waals surface area contributed by atoms with Crippen LogP contribution in [0.25, 0.3) is 0 Å². The van der Waals surface area contributed by atoms with Gasteiger partial charge in [0.05, 0.1) is 6.54 Å². The van der Waals surface area contributed by atoms with Crippen LogP contribution in [-0.4, -0.2) is 30.8 Å². The van der Waals surface area contributed by atoms with Gasteiger partial charge in [-0.15, -0.1) is 3.97 Å². The van der Waals surface area contributed by atoms with Crippen LogP contribution in [0.3, 0.4) is 0 Å². The van der Waals surface area contributed by atoms with E-state index in [1.807, 2.05) is 10.8 Å². The highest BCUT2D eigenvalue weighted by Gasteiger charge is 2.22. The van der Waals surface area contributed by atoms with Crippen molar-refractivity contribution < 1.29 is 25.4 Å². The molecule has 0 spiro atoms. The zero-order valence-electron chi connectivity index (χ0n) is 19.7. The maximum Gasteiger partial charge on any atom is 0.379 e. The van der Waals surface area contributed by atoms with Crippen LogP contribution in [0, 0.1) is 0 Å². The van der Waals surface area contributed by atoms with Crippen LogP contribution in [0.5, 0.6) is 0 Å². The van der Waals surface area contributed by atoms with Gasteiger partial charge in [0.15, 0.2) is 0 Å². The van der Waals surface area contributed by atoms with Gasteiger partial charge in [-0.3, -0.25) is 0 Å². The first-order valence-corrected chi connectivity index (χ1v) is 13.4. The molecule has 0 aliphatic rings. The number of nitrogens with zero attached hydrogens (tertiary/aromatic N) is 3. The van der Waals surface area contributed by atoms with Gasteiger partial charge in [0, 0.05) is 14.1 Å². The Morgan fingerprint density at radius 3 is 1.53 bits per heavy atom. The summed E-state index contributed by atoms with van der Waals surface area (Å²) in [4.78, 5) is 0. The van der Waals surface area contributed by atoms with Gasteiger partial charge in [-0.1, -0.05) is 96.8 Å². The molecule has 1 aromatic heterocycles. The maximum atomic E-state index is 12.0. The molecule has 0 unspecified atom stereocenters. The molecule has 0 amide bonds. The third-order valence-corrected chi connectivity index (χ3v) is 7.34. The van der Waals surface area contributed by atoms with Gasteiger partial charge in [-0.2, -0.15) is 12.7 Å². The van der Waals surface area contributed by atoms with Crippen molar-refractivity contribution >= 4 is 10.2 Å². The standard InChI is InChI=1S/C23H46N3O2S.ClH/c1-4-5-6-7-8-9-10-11-12-13-14-15-16-17-18-19-20-25-21-22-26(23-25)29(27,28)24(2)3;/h21-23H,4-20H2,1-3H3;1H/q+1;/p-1. The maximum absolute atomic E-state index is 12.0. The van der Waals surface area contributed by atoms with E-state index in [-0.39, 0.29) is 12.4 Å². The van der Waals surface area contributed by atoms with E-state index in [9.17, 15) is 8.42 Å². The highest BCUT2D eigenvalue weighted by Crippen LogP contribution is 2.13. The number of aryl methyl sites for hydroxylation is 1. The normalized spacial score (nSPS) is 11.7. The van der Waals surface area contributed by atoms with Gasteiger partial charge in [-0.05, 0) is 12.8 Å². The second-order valence-corrected chi connectivity index (χ2v) is 10.6. The first kappa shape index (κ1) is 29.4. The Balaban J connectivity index is 0.00000841. The lowest BCUT2D eigenvalue weighted by atomic mass is 10.0. The van der Waals surface area contributed by atoms with Gasteiger partial charge < -0.3 is 12.4 Å². The summed E-state index contributed by atoms with van der Waals surface area (Å²) in [6, 6.07) is 0. The summed E-state index contributed by atoms with van der Waals surface area (Å²) in [5, 5.41) is 0. The van der Waals surface area contributed by atoms with E-state index >= 15 is 0 Å². The Morgan fingerprint density at radius 1 is 0.733 bits per heavy atom. The van der Waals surface area contributed by atoms with Crippen LogP contribution in [0.4, 0.5) is 0 Å². The van der Waals surface area contributed by atoms with E-state index in [1.165, 1.54) is 105 Å². The molecule has 0 radical (unpaired) electrons. The Labute approximate surface area is 192 Å². The summed E-state index contributed by atoms with van der Waals surface area (Å²) in [5.74, 6) is 0. The molecule has 178 valence electrons. The van der Waals surface area contributed by atoms with E-state index in [4.69, 9.17) is 0 Å². The fourth-order valence-electron chi connectivity index (χ4n) is 3.67. The molecule has 5 nitrogen and oxygen atoms in total. The molecule has 7 heteroatoms. The predicted octanol–water partition coefficient (Wildman–Crippen LogP) is 2.70. The molecule has 1 rings (SSSR count). The molecule has 0 atom stereocenters. The fraction of sp³-hybridized carbons (Fsp3) is 0.870. The molecule has 0 aliphatic carbocycles. The highest BCUT2D eigenvalue weighted by molar-refractivity contribution is 7.87. The molecule has 0 saturated carbocycles. The van der Waals surface area contributed by atoms with Gasteiger partial charge in [0.1, 0.15) is 12.4 Å². The molecule has 0 aromatic carbocycles. The summed E-state index contributed by atoms with van der Waals surface area (Å²) >= 11 is 0. The Morgan fingerprint density at radius 2 is 1.13 bits per heavy atom. The van der Waals surface area contributed by atoms with Crippen LogP contribution in [0.1, 0.15) is 110 Å². The largest absolute Gasteiger partial charge is 1.00 e. The van der Waals surface area contributed by atoms with Gasteiger partial charge in [0.25, 0.3) is 6.33 Å². The van der Waals surface area contributed by atoms with E-state index < -0.39 is 10.2 Å². The molecule has 1 heterocycles. The zero-order valence-corrected chi connectivity index (χ0v) is 21.3. The quantitative estimate of drug-likeness (QED) is 0.234. The van der Waals surface area contributed by atoms with Crippen LogP contribution in [0.15, 0.2) is 18.7 Å². The molecular weight excluding hydrogens is 418 g/mol. The first-order chi connectivity index (χ1) is 14.0. The first-order valence-electron chi connectivity index (χ1n) is 12.0. The van der Waals surface area contributed by atoms with Crippen molar-refractivity contribution in [1.29, 1.82) is 0 Å². The summed E-state index contributed by atoms with van der Waals surface area (Å²) in [6.07, 6.45) is 27.0. The number of hydrogen-bond donors (Lipinski definition) is 0. The third kappa shape index (κ3) is 13.0. The highest BCUT2D eigenvalue weighted by atomic mass is 35.5. The number of unbranched alkanes of at least 4 members (excludes halogenated alkanes) is 15. The van der Waals surface area contributed by atoms with Crippen molar-refractivity contribution in [3.8, 4) is 0 Å². The minimum absolute atomic E-state index is 0. The summed E-state index contributed by atoms with van der Waals surface area (Å²) < 4.78 is 28.6. The molecule has 0 bridgehead atoms. The molecule has 0 aliphatic heterocycles. The topological polar surface area (TPSA) is 46.2 Å². The number of rotatable bonds is 19. The van der Waals surface area contributed by atoms with Crippen LogP contribution in [0.2, 0.25) is 0 Å². The number of imidazole rings is 1. The molecular formula is C23H46ClN3O2S. The smallest absolute Gasteiger partial charge is 0.379 e. The Kier molecular flexibility index (Phi) is 17.7. The van der Waals surface area contributed by atoms with Crippen molar-refractivity contribution in [3.63, 3.8) is 0 Å². The zero-order chi connectivity index (χ0) is 21.4. The van der Waals surface area contributed by atoms with Gasteiger partial charge in [-0.25, -0.2) is 4.57 Å². The predicted molar refractivity (Wildman–Crippen MR) is 122 cm³/mol. The van der Waals surface area contributed by atoms with Crippen LogP contribution < -0.4 is 17.0 Å². The lowest BCUT2D eigenvalue weighted by molar-refractivity contribution is -0.696. The SMILES string of the molecule is CCCCCCCCCCCCCCCCCC[n+]1ccn(S(=O)(=O)N(C)C)c1.[Cl-]. The summed E-state index contributed by atoms with van der Waals surface area (Å²) in [6.45, 7) is 3.16. The third-order valence-electron chi connectivity index (χ3n) is 5.66. The van der Waals surface area contributed by atoms with Crippen LogP contribution in [-0.2, 0) is 16.8 Å². The number of aromatic nitrogens is 2. The average Bonchev–Trinajstić information content (AvgIpc) is 3.17.